The molecule has 0 aromatic carbocycles. The second-order valence-corrected chi connectivity index (χ2v) is 2.84. The summed E-state index contributed by atoms with van der Waals surface area (Å²) < 4.78 is 35.9. The van der Waals surface area contributed by atoms with Crippen LogP contribution in [0, 0.1) is 0 Å². The van der Waals surface area contributed by atoms with Crippen molar-refractivity contribution in [1.82, 2.24) is 5.32 Å². The van der Waals surface area contributed by atoms with E-state index < -0.39 is 12.2 Å². The van der Waals surface area contributed by atoms with Gasteiger partial charge in [-0.2, -0.15) is 13.2 Å². The van der Waals surface area contributed by atoms with Crippen LogP contribution in [0.3, 0.4) is 0 Å². The molecule has 7 heteroatoms. The Labute approximate surface area is 87.3 Å². The zero-order valence-electron chi connectivity index (χ0n) is 6.80. The number of hydrogen-bond donors (Lipinski definition) is 2. The van der Waals surface area contributed by atoms with Crippen LogP contribution in [0.5, 0.6) is 0 Å². The molecular formula is C6H13Cl2F3N2. The predicted octanol–water partition coefficient (Wildman–Crippen LogP) is 1.47. The maximum Gasteiger partial charge on any atom is 0.403 e. The second kappa shape index (κ2) is 5.90. The summed E-state index contributed by atoms with van der Waals surface area (Å²) in [5, 5.41) is 2.36. The van der Waals surface area contributed by atoms with Gasteiger partial charge in [-0.1, -0.05) is 0 Å². The summed E-state index contributed by atoms with van der Waals surface area (Å²) in [5.74, 6) is 0. The van der Waals surface area contributed by atoms with Gasteiger partial charge in [-0.15, -0.1) is 24.8 Å². The Kier molecular flexibility index (Phi) is 7.15. The number of rotatable bonds is 0. The molecule has 3 N–H and O–H groups in total. The van der Waals surface area contributed by atoms with E-state index in [1.54, 1.807) is 0 Å². The molecule has 82 valence electrons. The summed E-state index contributed by atoms with van der Waals surface area (Å²) in [6.07, 6.45) is -3.55. The quantitative estimate of drug-likeness (QED) is 0.674. The van der Waals surface area contributed by atoms with E-state index >= 15 is 0 Å². The lowest BCUT2D eigenvalue weighted by Crippen LogP contribution is -2.51. The van der Waals surface area contributed by atoms with Gasteiger partial charge in [0.05, 0.1) is 0 Å². The van der Waals surface area contributed by atoms with Gasteiger partial charge in [0, 0.05) is 12.6 Å². The van der Waals surface area contributed by atoms with E-state index in [9.17, 15) is 13.2 Å². The van der Waals surface area contributed by atoms with Crippen molar-refractivity contribution in [3.8, 4) is 0 Å². The van der Waals surface area contributed by atoms with Crippen LogP contribution >= 0.6 is 24.8 Å². The van der Waals surface area contributed by atoms with Gasteiger partial charge in [0.1, 0.15) is 6.04 Å². The maximum atomic E-state index is 12.0. The fourth-order valence-electron chi connectivity index (χ4n) is 1.16. The summed E-state index contributed by atoms with van der Waals surface area (Å²) >= 11 is 0. The van der Waals surface area contributed by atoms with E-state index in [2.05, 4.69) is 5.32 Å². The van der Waals surface area contributed by atoms with E-state index in [0.29, 0.717) is 6.42 Å². The lowest BCUT2D eigenvalue weighted by molar-refractivity contribution is -0.160. The molecule has 1 fully saturated rings. The molecule has 2 atom stereocenters. The van der Waals surface area contributed by atoms with Gasteiger partial charge < -0.3 is 11.1 Å². The van der Waals surface area contributed by atoms with Crippen molar-refractivity contribution in [2.45, 2.75) is 31.1 Å². The predicted molar refractivity (Wildman–Crippen MR) is 49.6 cm³/mol. The average Bonchev–Trinajstić information content (AvgIpc) is 1.86. The van der Waals surface area contributed by atoms with Crippen molar-refractivity contribution in [2.24, 2.45) is 5.73 Å². The molecule has 1 heterocycles. The van der Waals surface area contributed by atoms with Crippen LogP contribution in [0.25, 0.3) is 0 Å². The molecule has 1 aliphatic rings. The molecule has 0 aromatic rings. The van der Waals surface area contributed by atoms with Crippen LogP contribution in [0.2, 0.25) is 0 Å². The highest BCUT2D eigenvalue weighted by Crippen LogP contribution is 2.25. The highest BCUT2D eigenvalue weighted by Gasteiger charge is 2.40. The number of nitrogens with one attached hydrogen (secondary N) is 1. The van der Waals surface area contributed by atoms with E-state index in [1.807, 2.05) is 0 Å². The van der Waals surface area contributed by atoms with Gasteiger partial charge in [0.15, 0.2) is 0 Å². The molecule has 2 nitrogen and oxygen atoms in total. The molecule has 0 spiro atoms. The molecule has 1 aliphatic heterocycles. The number of piperidine rings is 1. The topological polar surface area (TPSA) is 38.0 Å². The SMILES string of the molecule is Cl.Cl.N[C@H]1CC[C@@H](C(F)(F)F)NC1. The van der Waals surface area contributed by atoms with Crippen LogP contribution in [-0.4, -0.2) is 24.8 Å². The van der Waals surface area contributed by atoms with Crippen molar-refractivity contribution in [3.05, 3.63) is 0 Å². The number of nitrogens with two attached hydrogens (primary N) is 1. The summed E-state index contributed by atoms with van der Waals surface area (Å²) in [7, 11) is 0. The third-order valence-electron chi connectivity index (χ3n) is 1.85. The summed E-state index contributed by atoms with van der Waals surface area (Å²) in [5.41, 5.74) is 5.41. The minimum Gasteiger partial charge on any atom is -0.327 e. The van der Waals surface area contributed by atoms with Gasteiger partial charge in [0.2, 0.25) is 0 Å². The summed E-state index contributed by atoms with van der Waals surface area (Å²) in [6, 6.07) is -1.46. The molecule has 0 bridgehead atoms. The standard InChI is InChI=1S/C6H11F3N2.2ClH/c7-6(8,9)5-2-1-4(10)3-11-5;;/h4-5,11H,1-3,10H2;2*1H/t4-,5-;;/m0../s1. The third-order valence-corrected chi connectivity index (χ3v) is 1.85. The first-order chi connectivity index (χ1) is 5.00. The van der Waals surface area contributed by atoms with Crippen LogP contribution in [-0.2, 0) is 0 Å². The zero-order chi connectivity index (χ0) is 8.48. The first kappa shape index (κ1) is 15.7. The first-order valence-corrected chi connectivity index (χ1v) is 3.56. The van der Waals surface area contributed by atoms with Crippen LogP contribution in [0.4, 0.5) is 13.2 Å². The fraction of sp³-hybridized carbons (Fsp3) is 1.00. The van der Waals surface area contributed by atoms with Gasteiger partial charge >= 0.3 is 6.18 Å². The van der Waals surface area contributed by atoms with Crippen molar-refractivity contribution in [3.63, 3.8) is 0 Å². The minimum atomic E-state index is -4.11. The Bertz CT molecular complexity index is 134. The number of halogens is 5. The monoisotopic (exact) mass is 240 g/mol. The molecule has 0 radical (unpaired) electrons. The fourth-order valence-corrected chi connectivity index (χ4v) is 1.16. The van der Waals surface area contributed by atoms with Gasteiger partial charge in [-0.3, -0.25) is 0 Å². The Morgan fingerprint density at radius 3 is 2.00 bits per heavy atom. The average molecular weight is 241 g/mol. The van der Waals surface area contributed by atoms with Crippen molar-refractivity contribution < 1.29 is 13.2 Å². The Balaban J connectivity index is 0. The molecule has 0 unspecified atom stereocenters. The van der Waals surface area contributed by atoms with Gasteiger partial charge in [-0.25, -0.2) is 0 Å². The molecule has 0 saturated carbocycles. The first-order valence-electron chi connectivity index (χ1n) is 3.56. The summed E-state index contributed by atoms with van der Waals surface area (Å²) in [4.78, 5) is 0. The van der Waals surface area contributed by atoms with Crippen LogP contribution < -0.4 is 11.1 Å². The molecule has 1 rings (SSSR count). The molecule has 0 aliphatic carbocycles. The third kappa shape index (κ3) is 4.90. The van der Waals surface area contributed by atoms with Crippen molar-refractivity contribution >= 4 is 24.8 Å². The zero-order valence-corrected chi connectivity index (χ0v) is 8.44. The lowest BCUT2D eigenvalue weighted by atomic mass is 10.0. The van der Waals surface area contributed by atoms with Crippen molar-refractivity contribution in [2.75, 3.05) is 6.54 Å². The van der Waals surface area contributed by atoms with Crippen LogP contribution in [0.15, 0.2) is 0 Å². The van der Waals surface area contributed by atoms with E-state index in [0.717, 1.165) is 0 Å². The van der Waals surface area contributed by atoms with E-state index in [4.69, 9.17) is 5.73 Å². The second-order valence-electron chi connectivity index (χ2n) is 2.84. The molecular weight excluding hydrogens is 228 g/mol. The van der Waals surface area contributed by atoms with Gasteiger partial charge in [-0.05, 0) is 12.8 Å². The lowest BCUT2D eigenvalue weighted by Gasteiger charge is -2.28. The van der Waals surface area contributed by atoms with Gasteiger partial charge in [0.25, 0.3) is 0 Å². The Hall–Kier alpha value is 0.290. The minimum absolute atomic E-state index is 0. The maximum absolute atomic E-state index is 12.0. The number of hydrogen-bond acceptors (Lipinski definition) is 2. The molecule has 13 heavy (non-hydrogen) atoms. The normalized spacial score (nSPS) is 28.6. The molecule has 0 aromatic heterocycles. The number of alkyl halides is 3. The summed E-state index contributed by atoms with van der Waals surface area (Å²) in [6.45, 7) is 0.268. The van der Waals surface area contributed by atoms with E-state index in [-0.39, 0.29) is 43.8 Å². The highest BCUT2D eigenvalue weighted by molar-refractivity contribution is 5.85. The Morgan fingerprint density at radius 2 is 1.69 bits per heavy atom. The highest BCUT2D eigenvalue weighted by atomic mass is 35.5. The van der Waals surface area contributed by atoms with Crippen LogP contribution in [0.1, 0.15) is 12.8 Å². The molecule has 1 saturated heterocycles. The Morgan fingerprint density at radius 1 is 1.15 bits per heavy atom. The molecule has 0 amide bonds. The van der Waals surface area contributed by atoms with Crippen molar-refractivity contribution in [1.29, 1.82) is 0 Å². The smallest absolute Gasteiger partial charge is 0.327 e. The largest absolute Gasteiger partial charge is 0.403 e. The van der Waals surface area contributed by atoms with E-state index in [1.165, 1.54) is 0 Å².